The summed E-state index contributed by atoms with van der Waals surface area (Å²) in [6.07, 6.45) is 1.90. The molecule has 0 aromatic heterocycles. The van der Waals surface area contributed by atoms with Gasteiger partial charge in [-0.2, -0.15) is 0 Å². The summed E-state index contributed by atoms with van der Waals surface area (Å²) < 4.78 is 0. The van der Waals surface area contributed by atoms with Crippen molar-refractivity contribution in [3.05, 3.63) is 35.4 Å². The maximum atomic E-state index is 12.8. The Labute approximate surface area is 147 Å². The van der Waals surface area contributed by atoms with E-state index in [9.17, 15) is 14.4 Å². The molecule has 7 nitrogen and oxygen atoms in total. The smallest absolute Gasteiger partial charge is 0.325 e. The zero-order valence-electron chi connectivity index (χ0n) is 14.6. The number of carbonyl (C=O) groups is 3. The van der Waals surface area contributed by atoms with Crippen LogP contribution in [0.1, 0.15) is 30.9 Å². The van der Waals surface area contributed by atoms with E-state index in [0.29, 0.717) is 12.1 Å². The highest BCUT2D eigenvalue weighted by Crippen LogP contribution is 2.28. The molecular weight excluding hydrogens is 320 g/mol. The van der Waals surface area contributed by atoms with Crippen LogP contribution in [0.3, 0.4) is 0 Å². The summed E-state index contributed by atoms with van der Waals surface area (Å²) in [7, 11) is 0. The van der Waals surface area contributed by atoms with Crippen LogP contribution in [-0.2, 0) is 15.1 Å². The van der Waals surface area contributed by atoms with Crippen molar-refractivity contribution in [1.82, 2.24) is 20.9 Å². The van der Waals surface area contributed by atoms with Gasteiger partial charge in [0.15, 0.2) is 0 Å². The van der Waals surface area contributed by atoms with E-state index in [1.165, 1.54) is 0 Å². The summed E-state index contributed by atoms with van der Waals surface area (Å²) in [5, 5.41) is 8.82. The third kappa shape index (κ3) is 3.51. The van der Waals surface area contributed by atoms with E-state index in [2.05, 4.69) is 16.0 Å². The number of imide groups is 1. The maximum Gasteiger partial charge on any atom is 0.325 e. The van der Waals surface area contributed by atoms with Crippen LogP contribution >= 0.6 is 0 Å². The van der Waals surface area contributed by atoms with Crippen molar-refractivity contribution < 1.29 is 14.4 Å². The summed E-state index contributed by atoms with van der Waals surface area (Å²) >= 11 is 0. The van der Waals surface area contributed by atoms with Gasteiger partial charge in [-0.05, 0) is 38.8 Å². The second-order valence-electron chi connectivity index (χ2n) is 6.92. The molecule has 1 aromatic rings. The fraction of sp³-hybridized carbons (Fsp3) is 0.500. The molecule has 7 heteroatoms. The Hall–Kier alpha value is -2.41. The fourth-order valence-electron chi connectivity index (χ4n) is 3.32. The minimum atomic E-state index is -1.14. The van der Waals surface area contributed by atoms with Gasteiger partial charge in [-0.3, -0.25) is 14.5 Å². The van der Waals surface area contributed by atoms with Crippen molar-refractivity contribution in [2.75, 3.05) is 19.6 Å². The first-order valence-corrected chi connectivity index (χ1v) is 8.61. The van der Waals surface area contributed by atoms with Gasteiger partial charge in [0.1, 0.15) is 12.1 Å². The molecule has 3 rings (SSSR count). The number of aryl methyl sites for hydroxylation is 1. The third-order valence-electron chi connectivity index (χ3n) is 4.87. The first-order valence-electron chi connectivity index (χ1n) is 8.61. The SMILES string of the molecule is Cc1ccc(C2(C)NC(=O)N(CC(=O)NC3CCCNC3)C2=O)cc1. The first kappa shape index (κ1) is 17.4. The van der Waals surface area contributed by atoms with Crippen molar-refractivity contribution >= 4 is 17.8 Å². The molecule has 1 aromatic carbocycles. The lowest BCUT2D eigenvalue weighted by atomic mass is 9.91. The number of nitrogens with one attached hydrogen (secondary N) is 3. The summed E-state index contributed by atoms with van der Waals surface area (Å²) in [4.78, 5) is 38.3. The Bertz CT molecular complexity index is 682. The first-order chi connectivity index (χ1) is 11.9. The van der Waals surface area contributed by atoms with Crippen LogP contribution in [0.25, 0.3) is 0 Å². The van der Waals surface area contributed by atoms with E-state index in [0.717, 1.165) is 29.8 Å². The summed E-state index contributed by atoms with van der Waals surface area (Å²) in [5.74, 6) is -0.719. The number of piperidine rings is 1. The van der Waals surface area contributed by atoms with Gasteiger partial charge < -0.3 is 16.0 Å². The molecule has 3 N–H and O–H groups in total. The standard InChI is InChI=1S/C18H24N4O3/c1-12-5-7-13(8-6-12)18(2)16(24)22(17(25)21-18)11-15(23)20-14-4-3-9-19-10-14/h5-8,14,19H,3-4,9-11H2,1-2H3,(H,20,23)(H,21,25). The molecular formula is C18H24N4O3. The van der Waals surface area contributed by atoms with Crippen LogP contribution in [-0.4, -0.2) is 48.4 Å². The predicted molar refractivity (Wildman–Crippen MR) is 92.8 cm³/mol. The van der Waals surface area contributed by atoms with Crippen molar-refractivity contribution in [3.8, 4) is 0 Å². The monoisotopic (exact) mass is 344 g/mol. The van der Waals surface area contributed by atoms with Crippen LogP contribution in [0.2, 0.25) is 0 Å². The quantitative estimate of drug-likeness (QED) is 0.699. The minimum Gasteiger partial charge on any atom is -0.351 e. The van der Waals surface area contributed by atoms with Crippen molar-refractivity contribution in [1.29, 1.82) is 0 Å². The van der Waals surface area contributed by atoms with Crippen molar-refractivity contribution in [2.24, 2.45) is 0 Å². The number of hydrogen-bond donors (Lipinski definition) is 3. The number of benzene rings is 1. The zero-order chi connectivity index (χ0) is 18.0. The molecule has 2 atom stereocenters. The molecule has 4 amide bonds. The highest BCUT2D eigenvalue weighted by Gasteiger charge is 2.49. The Morgan fingerprint density at radius 3 is 2.68 bits per heavy atom. The van der Waals surface area contributed by atoms with Crippen LogP contribution in [0.4, 0.5) is 4.79 Å². The van der Waals surface area contributed by atoms with Gasteiger partial charge in [-0.1, -0.05) is 29.8 Å². The summed E-state index contributed by atoms with van der Waals surface area (Å²) in [6.45, 7) is 5.03. The molecule has 2 heterocycles. The average Bonchev–Trinajstić information content (AvgIpc) is 2.80. The third-order valence-corrected chi connectivity index (χ3v) is 4.87. The highest BCUT2D eigenvalue weighted by atomic mass is 16.2. The largest absolute Gasteiger partial charge is 0.351 e. The molecule has 0 radical (unpaired) electrons. The van der Waals surface area contributed by atoms with E-state index in [4.69, 9.17) is 0 Å². The van der Waals surface area contributed by atoms with Crippen molar-refractivity contribution in [2.45, 2.75) is 38.3 Å². The van der Waals surface area contributed by atoms with E-state index in [-0.39, 0.29) is 18.5 Å². The molecule has 0 spiro atoms. The van der Waals surface area contributed by atoms with Gasteiger partial charge in [0.25, 0.3) is 5.91 Å². The number of nitrogens with zero attached hydrogens (tertiary/aromatic N) is 1. The molecule has 0 bridgehead atoms. The van der Waals surface area contributed by atoms with Crippen LogP contribution < -0.4 is 16.0 Å². The lowest BCUT2D eigenvalue weighted by molar-refractivity contribution is -0.135. The molecule has 2 unspecified atom stereocenters. The van der Waals surface area contributed by atoms with Gasteiger partial charge in [-0.15, -0.1) is 0 Å². The second kappa shape index (κ2) is 6.84. The van der Waals surface area contributed by atoms with Gasteiger partial charge >= 0.3 is 6.03 Å². The van der Waals surface area contributed by atoms with Gasteiger partial charge in [0.05, 0.1) is 0 Å². The number of amides is 4. The van der Waals surface area contributed by atoms with E-state index in [1.807, 2.05) is 31.2 Å². The van der Waals surface area contributed by atoms with E-state index >= 15 is 0 Å². The Morgan fingerprint density at radius 1 is 1.32 bits per heavy atom. The molecule has 2 aliphatic heterocycles. The van der Waals surface area contributed by atoms with Crippen molar-refractivity contribution in [3.63, 3.8) is 0 Å². The Kier molecular flexibility index (Phi) is 4.76. The second-order valence-corrected chi connectivity index (χ2v) is 6.92. The molecule has 2 fully saturated rings. The molecule has 0 saturated carbocycles. The lowest BCUT2D eigenvalue weighted by Gasteiger charge is -2.25. The number of carbonyl (C=O) groups excluding carboxylic acids is 3. The summed E-state index contributed by atoms with van der Waals surface area (Å²) in [5.41, 5.74) is 0.634. The summed E-state index contributed by atoms with van der Waals surface area (Å²) in [6, 6.07) is 6.95. The number of rotatable bonds is 4. The topological polar surface area (TPSA) is 90.5 Å². The van der Waals surface area contributed by atoms with Gasteiger partial charge in [0, 0.05) is 12.6 Å². The zero-order valence-corrected chi connectivity index (χ0v) is 14.6. The number of hydrogen-bond acceptors (Lipinski definition) is 4. The van der Waals surface area contributed by atoms with Crippen LogP contribution in [0.15, 0.2) is 24.3 Å². The van der Waals surface area contributed by atoms with Crippen LogP contribution in [0, 0.1) is 6.92 Å². The normalized spacial score (nSPS) is 26.5. The highest BCUT2D eigenvalue weighted by molar-refractivity contribution is 6.09. The Balaban J connectivity index is 1.68. The number of urea groups is 1. The molecule has 0 aliphatic carbocycles. The predicted octanol–water partition coefficient (Wildman–Crippen LogP) is 0.630. The minimum absolute atomic E-state index is 0.0468. The average molecular weight is 344 g/mol. The Morgan fingerprint density at radius 2 is 2.04 bits per heavy atom. The van der Waals surface area contributed by atoms with E-state index in [1.54, 1.807) is 6.92 Å². The molecule has 134 valence electrons. The molecule has 2 aliphatic rings. The maximum absolute atomic E-state index is 12.8. The van der Waals surface area contributed by atoms with E-state index < -0.39 is 17.5 Å². The lowest BCUT2D eigenvalue weighted by Crippen LogP contribution is -2.49. The fourth-order valence-corrected chi connectivity index (χ4v) is 3.32. The van der Waals surface area contributed by atoms with Gasteiger partial charge in [-0.25, -0.2) is 4.79 Å². The molecule has 2 saturated heterocycles. The van der Waals surface area contributed by atoms with Gasteiger partial charge in [0.2, 0.25) is 5.91 Å². The van der Waals surface area contributed by atoms with Crippen LogP contribution in [0.5, 0.6) is 0 Å². The molecule has 25 heavy (non-hydrogen) atoms.